The fourth-order valence-electron chi connectivity index (χ4n) is 3.19. The fraction of sp³-hybridized carbons (Fsp3) is 0.529. The van der Waals surface area contributed by atoms with Gasteiger partial charge in [0.25, 0.3) is 6.43 Å². The number of fused-ring (bicyclic) bond motifs is 1. The number of nitrogens with one attached hydrogen (secondary N) is 1. The first-order valence-corrected chi connectivity index (χ1v) is 7.71. The van der Waals surface area contributed by atoms with Gasteiger partial charge in [0.1, 0.15) is 18.2 Å². The molecule has 1 atom stereocenters. The number of halogens is 3. The molecule has 2 aliphatic rings. The number of allylic oxidation sites excluding steroid dienone is 1. The van der Waals surface area contributed by atoms with Crippen LogP contribution in [0.5, 0.6) is 5.75 Å². The summed E-state index contributed by atoms with van der Waals surface area (Å²) < 4.78 is 46.1. The molecule has 0 bridgehead atoms. The molecule has 5 heteroatoms. The summed E-state index contributed by atoms with van der Waals surface area (Å²) in [4.78, 5) is 0. The molecule has 1 N–H and O–H groups in total. The van der Waals surface area contributed by atoms with Gasteiger partial charge >= 0.3 is 0 Å². The lowest BCUT2D eigenvalue weighted by Gasteiger charge is -2.23. The minimum Gasteiger partial charge on any atom is -0.489 e. The predicted molar refractivity (Wildman–Crippen MR) is 78.7 cm³/mol. The van der Waals surface area contributed by atoms with Crippen molar-refractivity contribution in [3.63, 3.8) is 0 Å². The normalized spacial score (nSPS) is 21.0. The summed E-state index contributed by atoms with van der Waals surface area (Å²) in [6.45, 7) is 3.59. The summed E-state index contributed by atoms with van der Waals surface area (Å²) in [5.41, 5.74) is 1.69. The van der Waals surface area contributed by atoms with Crippen molar-refractivity contribution >= 4 is 0 Å². The van der Waals surface area contributed by atoms with Gasteiger partial charge in [-0.15, -0.1) is 0 Å². The average molecular weight is 311 g/mol. The summed E-state index contributed by atoms with van der Waals surface area (Å²) >= 11 is 0. The summed E-state index contributed by atoms with van der Waals surface area (Å²) in [6.07, 6.45) is 1.84. The van der Waals surface area contributed by atoms with Crippen LogP contribution in [-0.2, 0) is 13.0 Å². The number of benzene rings is 1. The molecule has 1 unspecified atom stereocenters. The van der Waals surface area contributed by atoms with Crippen LogP contribution >= 0.6 is 0 Å². The molecule has 22 heavy (non-hydrogen) atoms. The minimum absolute atomic E-state index is 0.375. The van der Waals surface area contributed by atoms with E-state index in [1.54, 1.807) is 0 Å². The zero-order valence-electron chi connectivity index (χ0n) is 12.6. The molecule has 0 fully saturated rings. The van der Waals surface area contributed by atoms with E-state index in [1.165, 1.54) is 11.6 Å². The Labute approximate surface area is 128 Å². The van der Waals surface area contributed by atoms with Gasteiger partial charge in [-0.05, 0) is 48.9 Å². The maximum absolute atomic E-state index is 14.2. The Balaban J connectivity index is 1.89. The third-order valence-corrected chi connectivity index (χ3v) is 4.41. The summed E-state index contributed by atoms with van der Waals surface area (Å²) in [7, 11) is 0. The Morgan fingerprint density at radius 2 is 2.14 bits per heavy atom. The second-order valence-corrected chi connectivity index (χ2v) is 6.09. The van der Waals surface area contributed by atoms with Crippen LogP contribution in [0.3, 0.4) is 0 Å². The SMILES string of the molecule is CC1C=C(COc2cc(C(F)F)c(F)c3c2CNCC3)CC1. The van der Waals surface area contributed by atoms with Crippen LogP contribution in [0.25, 0.3) is 0 Å². The molecule has 1 aliphatic heterocycles. The molecule has 1 heterocycles. The molecule has 0 saturated heterocycles. The average Bonchev–Trinajstić information content (AvgIpc) is 2.92. The minimum atomic E-state index is -2.83. The molecule has 1 aromatic rings. The van der Waals surface area contributed by atoms with E-state index < -0.39 is 17.8 Å². The van der Waals surface area contributed by atoms with E-state index in [0.29, 0.717) is 48.9 Å². The second kappa shape index (κ2) is 6.32. The third-order valence-electron chi connectivity index (χ3n) is 4.41. The zero-order chi connectivity index (χ0) is 15.7. The van der Waals surface area contributed by atoms with Crippen molar-refractivity contribution in [3.05, 3.63) is 40.2 Å². The molecule has 120 valence electrons. The van der Waals surface area contributed by atoms with Crippen LogP contribution in [0.1, 0.15) is 42.9 Å². The molecule has 1 aromatic carbocycles. The number of hydrogen-bond acceptors (Lipinski definition) is 2. The quantitative estimate of drug-likeness (QED) is 0.844. The van der Waals surface area contributed by atoms with Gasteiger partial charge in [-0.1, -0.05) is 13.0 Å². The first kappa shape index (κ1) is 15.4. The van der Waals surface area contributed by atoms with Crippen molar-refractivity contribution in [3.8, 4) is 5.75 Å². The zero-order valence-corrected chi connectivity index (χ0v) is 12.6. The van der Waals surface area contributed by atoms with Crippen molar-refractivity contribution in [2.75, 3.05) is 13.2 Å². The standard InChI is InChI=1S/C17H20F3NO/c1-10-2-3-11(6-10)9-22-15-7-13(17(19)20)16(18)12-4-5-21-8-14(12)15/h6-7,10,17,21H,2-5,8-9H2,1H3. The van der Waals surface area contributed by atoms with E-state index in [0.717, 1.165) is 12.8 Å². The molecule has 2 nitrogen and oxygen atoms in total. The van der Waals surface area contributed by atoms with Crippen molar-refractivity contribution in [2.24, 2.45) is 5.92 Å². The third kappa shape index (κ3) is 3.00. The van der Waals surface area contributed by atoms with Gasteiger partial charge in [0.15, 0.2) is 0 Å². The monoisotopic (exact) mass is 311 g/mol. The summed E-state index contributed by atoms with van der Waals surface area (Å²) in [6, 6.07) is 1.17. The molecule has 0 radical (unpaired) electrons. The van der Waals surface area contributed by atoms with Crippen LogP contribution in [-0.4, -0.2) is 13.2 Å². The second-order valence-electron chi connectivity index (χ2n) is 6.09. The molecule has 0 spiro atoms. The highest BCUT2D eigenvalue weighted by molar-refractivity contribution is 5.47. The Morgan fingerprint density at radius 1 is 1.32 bits per heavy atom. The highest BCUT2D eigenvalue weighted by Gasteiger charge is 2.25. The van der Waals surface area contributed by atoms with E-state index in [-0.39, 0.29) is 0 Å². The van der Waals surface area contributed by atoms with Gasteiger partial charge in [0.05, 0.1) is 5.56 Å². The lowest BCUT2D eigenvalue weighted by Crippen LogP contribution is -2.26. The maximum Gasteiger partial charge on any atom is 0.266 e. The lowest BCUT2D eigenvalue weighted by atomic mass is 9.96. The summed E-state index contributed by atoms with van der Waals surface area (Å²) in [5, 5.41) is 3.14. The van der Waals surface area contributed by atoms with E-state index in [4.69, 9.17) is 4.74 Å². The van der Waals surface area contributed by atoms with Gasteiger partial charge in [-0.3, -0.25) is 0 Å². The first-order valence-electron chi connectivity index (χ1n) is 7.71. The Morgan fingerprint density at radius 3 is 2.82 bits per heavy atom. The molecule has 0 saturated carbocycles. The van der Waals surface area contributed by atoms with Gasteiger partial charge in [0, 0.05) is 12.1 Å². The molecule has 0 amide bonds. The lowest BCUT2D eigenvalue weighted by molar-refractivity contribution is 0.145. The van der Waals surface area contributed by atoms with Gasteiger partial charge in [-0.25, -0.2) is 13.2 Å². The van der Waals surface area contributed by atoms with E-state index in [1.807, 2.05) is 0 Å². The highest BCUT2D eigenvalue weighted by Crippen LogP contribution is 2.35. The Bertz CT molecular complexity index is 598. The first-order chi connectivity index (χ1) is 10.6. The number of hydrogen-bond donors (Lipinski definition) is 1. The van der Waals surface area contributed by atoms with Crippen LogP contribution in [0, 0.1) is 11.7 Å². The van der Waals surface area contributed by atoms with Crippen LogP contribution in [0.15, 0.2) is 17.7 Å². The van der Waals surface area contributed by atoms with E-state index in [2.05, 4.69) is 18.3 Å². The number of rotatable bonds is 4. The van der Waals surface area contributed by atoms with Crippen molar-refractivity contribution in [2.45, 2.75) is 39.2 Å². The smallest absolute Gasteiger partial charge is 0.266 e. The molecular formula is C17H20F3NO. The van der Waals surface area contributed by atoms with Crippen molar-refractivity contribution in [1.82, 2.24) is 5.32 Å². The van der Waals surface area contributed by atoms with Crippen LogP contribution < -0.4 is 10.1 Å². The fourth-order valence-corrected chi connectivity index (χ4v) is 3.19. The molecular weight excluding hydrogens is 291 g/mol. The van der Waals surface area contributed by atoms with Crippen LogP contribution in [0.2, 0.25) is 0 Å². The van der Waals surface area contributed by atoms with Gasteiger partial charge in [0.2, 0.25) is 0 Å². The van der Waals surface area contributed by atoms with Crippen molar-refractivity contribution in [1.29, 1.82) is 0 Å². The van der Waals surface area contributed by atoms with Gasteiger partial charge < -0.3 is 10.1 Å². The molecule has 1 aliphatic carbocycles. The number of alkyl halides is 2. The van der Waals surface area contributed by atoms with E-state index >= 15 is 0 Å². The summed E-state index contributed by atoms with van der Waals surface area (Å²) in [5.74, 6) is 0.158. The van der Waals surface area contributed by atoms with Gasteiger partial charge in [-0.2, -0.15) is 0 Å². The molecule has 3 rings (SSSR count). The maximum atomic E-state index is 14.2. The highest BCUT2D eigenvalue weighted by atomic mass is 19.3. The predicted octanol–water partition coefficient (Wildman–Crippen LogP) is 4.14. The topological polar surface area (TPSA) is 21.3 Å². The largest absolute Gasteiger partial charge is 0.489 e. The Hall–Kier alpha value is -1.49. The number of ether oxygens (including phenoxy) is 1. The van der Waals surface area contributed by atoms with Crippen molar-refractivity contribution < 1.29 is 17.9 Å². The van der Waals surface area contributed by atoms with Crippen LogP contribution in [0.4, 0.5) is 13.2 Å². The molecule has 0 aromatic heterocycles. The van der Waals surface area contributed by atoms with E-state index in [9.17, 15) is 13.2 Å². The Kier molecular flexibility index (Phi) is 4.43.